The van der Waals surface area contributed by atoms with Gasteiger partial charge in [0.15, 0.2) is 17.8 Å². The molecule has 0 aliphatic heterocycles. The Kier molecular flexibility index (Phi) is 4.33. The second-order valence-corrected chi connectivity index (χ2v) is 3.00. The predicted molar refractivity (Wildman–Crippen MR) is 61.0 cm³/mol. The number of benzene rings is 1. The van der Waals surface area contributed by atoms with Crippen LogP contribution < -0.4 is 14.8 Å². The molecule has 0 saturated carbocycles. The molecule has 1 rings (SSSR count). The van der Waals surface area contributed by atoms with Crippen molar-refractivity contribution in [2.45, 2.75) is 0 Å². The lowest BCUT2D eigenvalue weighted by Crippen LogP contribution is -2.12. The summed E-state index contributed by atoms with van der Waals surface area (Å²) >= 11 is 0. The third-order valence-corrected chi connectivity index (χ3v) is 2.10. The molecule has 0 atom stereocenters. The van der Waals surface area contributed by atoms with Gasteiger partial charge in [-0.25, -0.2) is 4.79 Å². The minimum atomic E-state index is -0.635. The molecule has 0 fully saturated rings. The zero-order chi connectivity index (χ0) is 12.8. The van der Waals surface area contributed by atoms with E-state index in [1.54, 1.807) is 0 Å². The summed E-state index contributed by atoms with van der Waals surface area (Å²) in [6.45, 7) is 0. The van der Waals surface area contributed by atoms with Gasteiger partial charge in [0.05, 0.1) is 32.6 Å². The van der Waals surface area contributed by atoms with Crippen molar-refractivity contribution in [3.05, 3.63) is 17.7 Å². The minimum Gasteiger partial charge on any atom is -0.492 e. The summed E-state index contributed by atoms with van der Waals surface area (Å²) in [5.74, 6) is 0.527. The number of amides is 1. The molecule has 0 bridgehead atoms. The summed E-state index contributed by atoms with van der Waals surface area (Å²) in [6, 6.07) is 3.04. The van der Waals surface area contributed by atoms with E-state index in [9.17, 15) is 9.59 Å². The van der Waals surface area contributed by atoms with Crippen LogP contribution in [0.5, 0.6) is 11.5 Å². The predicted octanol–water partition coefficient (Wildman–Crippen LogP) is 1.69. The molecule has 0 aliphatic carbocycles. The first-order chi connectivity index (χ1) is 8.17. The number of ether oxygens (including phenoxy) is 3. The minimum absolute atomic E-state index is 0.261. The van der Waals surface area contributed by atoms with Gasteiger partial charge in [-0.05, 0) is 12.1 Å². The fourth-order valence-electron chi connectivity index (χ4n) is 1.34. The fourth-order valence-corrected chi connectivity index (χ4v) is 1.34. The SMILES string of the molecule is COC(=O)Nc1ccc(C=O)c(OC)c1OC. The first-order valence-corrected chi connectivity index (χ1v) is 4.73. The van der Waals surface area contributed by atoms with E-state index < -0.39 is 6.09 Å². The summed E-state index contributed by atoms with van der Waals surface area (Å²) in [5.41, 5.74) is 0.696. The first kappa shape index (κ1) is 12.8. The fraction of sp³-hybridized carbons (Fsp3) is 0.273. The van der Waals surface area contributed by atoms with Crippen LogP contribution in [-0.2, 0) is 4.74 Å². The Morgan fingerprint density at radius 3 is 2.29 bits per heavy atom. The molecule has 0 aliphatic rings. The van der Waals surface area contributed by atoms with Crippen molar-refractivity contribution in [3.63, 3.8) is 0 Å². The maximum Gasteiger partial charge on any atom is 0.411 e. The summed E-state index contributed by atoms with van der Waals surface area (Å²) in [5, 5.41) is 2.46. The number of nitrogens with one attached hydrogen (secondary N) is 1. The van der Waals surface area contributed by atoms with Crippen LogP contribution >= 0.6 is 0 Å². The van der Waals surface area contributed by atoms with Crippen LogP contribution in [0.25, 0.3) is 0 Å². The first-order valence-electron chi connectivity index (χ1n) is 4.73. The van der Waals surface area contributed by atoms with Crippen LogP contribution in [-0.4, -0.2) is 33.7 Å². The summed E-state index contributed by atoms with van der Waals surface area (Å²) < 4.78 is 14.6. The van der Waals surface area contributed by atoms with E-state index in [0.717, 1.165) is 0 Å². The number of carbonyl (C=O) groups excluding carboxylic acids is 2. The second-order valence-electron chi connectivity index (χ2n) is 3.00. The highest BCUT2D eigenvalue weighted by atomic mass is 16.5. The maximum absolute atomic E-state index is 11.1. The van der Waals surface area contributed by atoms with E-state index in [2.05, 4.69) is 10.1 Å². The molecule has 0 spiro atoms. The van der Waals surface area contributed by atoms with Crippen molar-refractivity contribution in [2.24, 2.45) is 0 Å². The van der Waals surface area contributed by atoms with E-state index in [-0.39, 0.29) is 11.5 Å². The molecule has 0 heterocycles. The lowest BCUT2D eigenvalue weighted by atomic mass is 10.1. The van der Waals surface area contributed by atoms with Gasteiger partial charge in [0.2, 0.25) is 0 Å². The molecule has 0 aromatic heterocycles. The average molecular weight is 239 g/mol. The van der Waals surface area contributed by atoms with Crippen molar-refractivity contribution >= 4 is 18.1 Å². The van der Waals surface area contributed by atoms with Gasteiger partial charge in [0.1, 0.15) is 0 Å². The summed E-state index contributed by atoms with van der Waals surface area (Å²) in [7, 11) is 4.07. The van der Waals surface area contributed by atoms with Gasteiger partial charge < -0.3 is 14.2 Å². The monoisotopic (exact) mass is 239 g/mol. The van der Waals surface area contributed by atoms with E-state index in [1.807, 2.05) is 0 Å². The molecule has 1 N–H and O–H groups in total. The normalized spacial score (nSPS) is 9.35. The lowest BCUT2D eigenvalue weighted by Gasteiger charge is -2.14. The van der Waals surface area contributed by atoms with Crippen LogP contribution in [0.4, 0.5) is 10.5 Å². The number of hydrogen-bond acceptors (Lipinski definition) is 5. The molecular weight excluding hydrogens is 226 g/mol. The molecule has 1 amide bonds. The molecule has 1 aromatic carbocycles. The highest BCUT2D eigenvalue weighted by Gasteiger charge is 2.16. The largest absolute Gasteiger partial charge is 0.492 e. The Morgan fingerprint density at radius 2 is 1.82 bits per heavy atom. The average Bonchev–Trinajstić information content (AvgIpc) is 2.37. The van der Waals surface area contributed by atoms with Crippen molar-refractivity contribution in [1.29, 1.82) is 0 Å². The van der Waals surface area contributed by atoms with Crippen LogP contribution in [0, 0.1) is 0 Å². The van der Waals surface area contributed by atoms with Gasteiger partial charge in [0.25, 0.3) is 0 Å². The Bertz CT molecular complexity index is 430. The molecule has 0 unspecified atom stereocenters. The summed E-state index contributed by atoms with van der Waals surface area (Å²) in [4.78, 5) is 21.9. The molecule has 0 saturated heterocycles. The zero-order valence-corrected chi connectivity index (χ0v) is 9.77. The van der Waals surface area contributed by atoms with Gasteiger partial charge in [-0.3, -0.25) is 10.1 Å². The van der Waals surface area contributed by atoms with Crippen LogP contribution in [0.2, 0.25) is 0 Å². The van der Waals surface area contributed by atoms with Gasteiger partial charge >= 0.3 is 6.09 Å². The number of methoxy groups -OCH3 is 3. The second kappa shape index (κ2) is 5.74. The van der Waals surface area contributed by atoms with Gasteiger partial charge in [-0.2, -0.15) is 0 Å². The number of hydrogen-bond donors (Lipinski definition) is 1. The van der Waals surface area contributed by atoms with Crippen molar-refractivity contribution in [2.75, 3.05) is 26.6 Å². The van der Waals surface area contributed by atoms with Crippen molar-refractivity contribution < 1.29 is 23.8 Å². The standard InChI is InChI=1S/C11H13NO5/c1-15-9-7(6-13)4-5-8(10(9)16-2)12-11(14)17-3/h4-6H,1-3H3,(H,12,14). The Morgan fingerprint density at radius 1 is 1.18 bits per heavy atom. The number of rotatable bonds is 4. The highest BCUT2D eigenvalue weighted by molar-refractivity contribution is 5.91. The highest BCUT2D eigenvalue weighted by Crippen LogP contribution is 2.37. The van der Waals surface area contributed by atoms with Gasteiger partial charge in [-0.1, -0.05) is 0 Å². The molecule has 17 heavy (non-hydrogen) atoms. The quantitative estimate of drug-likeness (QED) is 0.809. The van der Waals surface area contributed by atoms with Crippen LogP contribution in [0.1, 0.15) is 10.4 Å². The Hall–Kier alpha value is -2.24. The van der Waals surface area contributed by atoms with E-state index in [4.69, 9.17) is 9.47 Å². The maximum atomic E-state index is 11.1. The molecule has 1 aromatic rings. The molecule has 0 radical (unpaired) electrons. The molecular formula is C11H13NO5. The van der Waals surface area contributed by atoms with Gasteiger partial charge in [0, 0.05) is 0 Å². The number of aldehydes is 1. The van der Waals surface area contributed by atoms with Crippen molar-refractivity contribution in [3.8, 4) is 11.5 Å². The topological polar surface area (TPSA) is 73.9 Å². The lowest BCUT2D eigenvalue weighted by molar-refractivity contribution is 0.112. The number of carbonyl (C=O) groups is 2. The third-order valence-electron chi connectivity index (χ3n) is 2.10. The molecule has 92 valence electrons. The Labute approximate surface area is 98.5 Å². The van der Waals surface area contributed by atoms with Crippen LogP contribution in [0.3, 0.4) is 0 Å². The molecule has 6 nitrogen and oxygen atoms in total. The zero-order valence-electron chi connectivity index (χ0n) is 9.77. The van der Waals surface area contributed by atoms with E-state index >= 15 is 0 Å². The third kappa shape index (κ3) is 2.66. The van der Waals surface area contributed by atoms with E-state index in [0.29, 0.717) is 17.5 Å². The van der Waals surface area contributed by atoms with E-state index in [1.165, 1.54) is 33.5 Å². The van der Waals surface area contributed by atoms with Crippen LogP contribution in [0.15, 0.2) is 12.1 Å². The Balaban J connectivity index is 3.23. The number of anilines is 1. The van der Waals surface area contributed by atoms with Crippen molar-refractivity contribution in [1.82, 2.24) is 0 Å². The summed E-state index contributed by atoms with van der Waals surface area (Å²) in [6.07, 6.45) is 0.00714. The molecule has 6 heteroatoms. The smallest absolute Gasteiger partial charge is 0.411 e. The van der Waals surface area contributed by atoms with Gasteiger partial charge in [-0.15, -0.1) is 0 Å².